The van der Waals surface area contributed by atoms with Crippen LogP contribution >= 0.6 is 12.4 Å². The van der Waals surface area contributed by atoms with Crippen molar-refractivity contribution in [3.63, 3.8) is 0 Å². The Balaban J connectivity index is 0.00000225. The lowest BCUT2D eigenvalue weighted by atomic mass is 9.90. The summed E-state index contributed by atoms with van der Waals surface area (Å²) in [5, 5.41) is 0. The SMILES string of the molecule is CC1(CN)CCN(C(=O)Cn2c(C(F)(F)F)nc3ccccc32)C1.Cl. The van der Waals surface area contributed by atoms with Crippen LogP contribution in [0.5, 0.6) is 0 Å². The Morgan fingerprint density at radius 2 is 2.04 bits per heavy atom. The molecule has 1 saturated heterocycles. The lowest BCUT2D eigenvalue weighted by Crippen LogP contribution is -2.36. The number of para-hydroxylation sites is 2. The fourth-order valence-corrected chi connectivity index (χ4v) is 3.09. The average Bonchev–Trinajstić information content (AvgIpc) is 3.09. The minimum Gasteiger partial charge on any atom is -0.341 e. The summed E-state index contributed by atoms with van der Waals surface area (Å²) < 4.78 is 40.8. The van der Waals surface area contributed by atoms with Crippen molar-refractivity contribution in [2.24, 2.45) is 11.1 Å². The van der Waals surface area contributed by atoms with Crippen LogP contribution in [0.25, 0.3) is 11.0 Å². The maximum absolute atomic E-state index is 13.3. The number of fused-ring (bicyclic) bond motifs is 1. The number of aromatic nitrogens is 2. The standard InChI is InChI=1S/C16H19F3N4O.ClH/c1-15(9-20)6-7-22(10-15)13(24)8-23-12-5-3-2-4-11(12)21-14(23)16(17,18)19;/h2-5H,6-10,20H2,1H3;1H. The molecule has 1 amide bonds. The van der Waals surface area contributed by atoms with Gasteiger partial charge in [-0.25, -0.2) is 4.98 Å². The topological polar surface area (TPSA) is 64.2 Å². The molecule has 5 nitrogen and oxygen atoms in total. The van der Waals surface area contributed by atoms with Crippen LogP contribution in [0.1, 0.15) is 19.2 Å². The number of nitrogens with zero attached hydrogens (tertiary/aromatic N) is 3. The normalized spacial score (nSPS) is 20.8. The quantitative estimate of drug-likeness (QED) is 0.895. The van der Waals surface area contributed by atoms with Crippen molar-refractivity contribution in [2.45, 2.75) is 26.1 Å². The molecule has 1 fully saturated rings. The van der Waals surface area contributed by atoms with Crippen molar-refractivity contribution in [3.8, 4) is 0 Å². The summed E-state index contributed by atoms with van der Waals surface area (Å²) in [6.07, 6.45) is -3.86. The van der Waals surface area contributed by atoms with Crippen LogP contribution in [0.15, 0.2) is 24.3 Å². The van der Waals surface area contributed by atoms with Gasteiger partial charge in [0.05, 0.1) is 11.0 Å². The number of halogens is 4. The number of rotatable bonds is 3. The molecule has 1 aliphatic heterocycles. The summed E-state index contributed by atoms with van der Waals surface area (Å²) in [5.74, 6) is -1.39. The Labute approximate surface area is 149 Å². The molecule has 0 radical (unpaired) electrons. The Morgan fingerprint density at radius 1 is 1.36 bits per heavy atom. The molecule has 0 spiro atoms. The van der Waals surface area contributed by atoms with E-state index < -0.39 is 12.0 Å². The van der Waals surface area contributed by atoms with Crippen LogP contribution in [-0.2, 0) is 17.5 Å². The van der Waals surface area contributed by atoms with Crippen LogP contribution in [-0.4, -0.2) is 40.0 Å². The van der Waals surface area contributed by atoms with E-state index in [9.17, 15) is 18.0 Å². The molecule has 3 rings (SSSR count). The molecular formula is C16H20ClF3N4O. The molecule has 138 valence electrons. The summed E-state index contributed by atoms with van der Waals surface area (Å²) in [7, 11) is 0. The number of alkyl halides is 3. The second kappa shape index (κ2) is 6.84. The number of carbonyl (C=O) groups is 1. The second-order valence-electron chi connectivity index (χ2n) is 6.59. The molecule has 25 heavy (non-hydrogen) atoms. The zero-order chi connectivity index (χ0) is 17.5. The number of likely N-dealkylation sites (tertiary alicyclic amines) is 1. The predicted octanol–water partition coefficient (Wildman–Crippen LogP) is 2.67. The molecule has 9 heteroatoms. The molecule has 2 aromatic rings. The third kappa shape index (κ3) is 3.74. The first kappa shape index (κ1) is 19.5. The number of benzene rings is 1. The van der Waals surface area contributed by atoms with Crippen molar-refractivity contribution in [2.75, 3.05) is 19.6 Å². The van der Waals surface area contributed by atoms with E-state index in [1.807, 2.05) is 6.92 Å². The first-order chi connectivity index (χ1) is 11.2. The maximum Gasteiger partial charge on any atom is 0.449 e. The molecular weight excluding hydrogens is 357 g/mol. The van der Waals surface area contributed by atoms with Crippen molar-refractivity contribution in [1.82, 2.24) is 14.5 Å². The lowest BCUT2D eigenvalue weighted by Gasteiger charge is -2.23. The monoisotopic (exact) mass is 376 g/mol. The summed E-state index contributed by atoms with van der Waals surface area (Å²) in [6.45, 7) is 3.03. The van der Waals surface area contributed by atoms with Crippen LogP contribution in [0.4, 0.5) is 13.2 Å². The lowest BCUT2D eigenvalue weighted by molar-refractivity contribution is -0.148. The number of nitrogens with two attached hydrogens (primary N) is 1. The van der Waals surface area contributed by atoms with E-state index in [0.29, 0.717) is 25.2 Å². The van der Waals surface area contributed by atoms with E-state index in [2.05, 4.69) is 4.98 Å². The molecule has 1 atom stereocenters. The molecule has 1 unspecified atom stereocenters. The molecule has 1 aromatic heterocycles. The average molecular weight is 377 g/mol. The molecule has 2 heterocycles. The summed E-state index contributed by atoms with van der Waals surface area (Å²) in [4.78, 5) is 17.7. The van der Waals surface area contributed by atoms with E-state index in [-0.39, 0.29) is 35.8 Å². The zero-order valence-corrected chi connectivity index (χ0v) is 14.5. The van der Waals surface area contributed by atoms with Gasteiger partial charge >= 0.3 is 6.18 Å². The molecule has 0 bridgehead atoms. The third-order valence-corrected chi connectivity index (χ3v) is 4.60. The van der Waals surface area contributed by atoms with Gasteiger partial charge in [0.15, 0.2) is 0 Å². The number of hydrogen-bond donors (Lipinski definition) is 1. The van der Waals surface area contributed by atoms with Gasteiger partial charge in [-0.15, -0.1) is 12.4 Å². The van der Waals surface area contributed by atoms with E-state index in [4.69, 9.17) is 5.73 Å². The number of carbonyl (C=O) groups excluding carboxylic acids is 1. The maximum atomic E-state index is 13.3. The molecule has 0 aliphatic carbocycles. The Hall–Kier alpha value is -1.80. The van der Waals surface area contributed by atoms with E-state index in [1.54, 1.807) is 23.1 Å². The Kier molecular flexibility index (Phi) is 5.34. The van der Waals surface area contributed by atoms with Crippen molar-refractivity contribution < 1.29 is 18.0 Å². The first-order valence-corrected chi connectivity index (χ1v) is 7.74. The molecule has 1 aromatic carbocycles. The zero-order valence-electron chi connectivity index (χ0n) is 13.7. The number of imidazole rings is 1. The van der Waals surface area contributed by atoms with Gasteiger partial charge < -0.3 is 15.2 Å². The highest BCUT2D eigenvalue weighted by atomic mass is 35.5. The van der Waals surface area contributed by atoms with Gasteiger partial charge in [-0.05, 0) is 30.5 Å². The first-order valence-electron chi connectivity index (χ1n) is 7.74. The van der Waals surface area contributed by atoms with Gasteiger partial charge in [-0.2, -0.15) is 13.2 Å². The number of hydrogen-bond acceptors (Lipinski definition) is 3. The van der Waals surface area contributed by atoms with Crippen molar-refractivity contribution >= 4 is 29.3 Å². The van der Waals surface area contributed by atoms with Crippen molar-refractivity contribution in [3.05, 3.63) is 30.1 Å². The van der Waals surface area contributed by atoms with E-state index in [1.165, 1.54) is 6.07 Å². The van der Waals surface area contributed by atoms with Gasteiger partial charge in [0.25, 0.3) is 0 Å². The minimum atomic E-state index is -4.61. The van der Waals surface area contributed by atoms with Crippen molar-refractivity contribution in [1.29, 1.82) is 0 Å². The summed E-state index contributed by atoms with van der Waals surface area (Å²) in [6, 6.07) is 6.30. The van der Waals surface area contributed by atoms with Crippen LogP contribution in [0.3, 0.4) is 0 Å². The fourth-order valence-electron chi connectivity index (χ4n) is 3.09. The predicted molar refractivity (Wildman–Crippen MR) is 90.3 cm³/mol. The van der Waals surface area contributed by atoms with Gasteiger partial charge in [-0.3, -0.25) is 4.79 Å². The van der Waals surface area contributed by atoms with Crippen LogP contribution in [0, 0.1) is 5.41 Å². The second-order valence-corrected chi connectivity index (χ2v) is 6.59. The minimum absolute atomic E-state index is 0. The van der Waals surface area contributed by atoms with Gasteiger partial charge in [0, 0.05) is 13.1 Å². The van der Waals surface area contributed by atoms with Gasteiger partial charge in [0.1, 0.15) is 6.54 Å². The van der Waals surface area contributed by atoms with E-state index >= 15 is 0 Å². The highest BCUT2D eigenvalue weighted by Crippen LogP contribution is 2.32. The molecule has 1 aliphatic rings. The molecule has 0 saturated carbocycles. The fraction of sp³-hybridized carbons (Fsp3) is 0.500. The Bertz CT molecular complexity index is 776. The van der Waals surface area contributed by atoms with Crippen LogP contribution < -0.4 is 5.73 Å². The number of amides is 1. The highest BCUT2D eigenvalue weighted by Gasteiger charge is 2.39. The summed E-state index contributed by atoms with van der Waals surface area (Å²) >= 11 is 0. The highest BCUT2D eigenvalue weighted by molar-refractivity contribution is 5.85. The van der Waals surface area contributed by atoms with E-state index in [0.717, 1.165) is 11.0 Å². The van der Waals surface area contributed by atoms with Crippen LogP contribution in [0.2, 0.25) is 0 Å². The smallest absolute Gasteiger partial charge is 0.341 e. The largest absolute Gasteiger partial charge is 0.449 e. The van der Waals surface area contributed by atoms with Gasteiger partial charge in [0.2, 0.25) is 11.7 Å². The Morgan fingerprint density at radius 3 is 2.64 bits per heavy atom. The van der Waals surface area contributed by atoms with Gasteiger partial charge in [-0.1, -0.05) is 19.1 Å². The summed E-state index contributed by atoms with van der Waals surface area (Å²) in [5.41, 5.74) is 6.09. The third-order valence-electron chi connectivity index (χ3n) is 4.60. The molecule has 2 N–H and O–H groups in total.